The smallest absolute Gasteiger partial charge is 0.0857 e. The first-order valence-electron chi connectivity index (χ1n) is 7.04. The highest BCUT2D eigenvalue weighted by atomic mass is 16.5. The molecule has 1 aliphatic rings. The predicted molar refractivity (Wildman–Crippen MR) is 71.3 cm³/mol. The molecule has 0 heterocycles. The molecule has 1 saturated carbocycles. The summed E-state index contributed by atoms with van der Waals surface area (Å²) in [6, 6.07) is 0.324. The molecule has 0 aromatic carbocycles. The second kappa shape index (κ2) is 7.34. The Morgan fingerprint density at radius 3 is 2.41 bits per heavy atom. The highest BCUT2D eigenvalue weighted by Gasteiger charge is 2.41. The first kappa shape index (κ1) is 14.9. The van der Waals surface area contributed by atoms with Crippen molar-refractivity contribution >= 4 is 0 Å². The lowest BCUT2D eigenvalue weighted by molar-refractivity contribution is -0.108. The SMILES string of the molecule is CCNC(COC)C1(OCC)CCC(C)CC1. The molecule has 1 unspecified atom stereocenters. The summed E-state index contributed by atoms with van der Waals surface area (Å²) in [5, 5.41) is 3.54. The van der Waals surface area contributed by atoms with Crippen LogP contribution in [-0.4, -0.2) is 38.5 Å². The van der Waals surface area contributed by atoms with Crippen LogP contribution in [0.2, 0.25) is 0 Å². The zero-order valence-electron chi connectivity index (χ0n) is 11.9. The van der Waals surface area contributed by atoms with Gasteiger partial charge in [-0.1, -0.05) is 13.8 Å². The number of ether oxygens (including phenoxy) is 2. The van der Waals surface area contributed by atoms with Gasteiger partial charge in [-0.05, 0) is 45.1 Å². The first-order chi connectivity index (χ1) is 8.18. The molecule has 0 bridgehead atoms. The van der Waals surface area contributed by atoms with Gasteiger partial charge in [0.2, 0.25) is 0 Å². The third kappa shape index (κ3) is 3.94. The summed E-state index contributed by atoms with van der Waals surface area (Å²) in [7, 11) is 1.77. The van der Waals surface area contributed by atoms with Crippen LogP contribution in [0.4, 0.5) is 0 Å². The van der Waals surface area contributed by atoms with Crippen molar-refractivity contribution < 1.29 is 9.47 Å². The lowest BCUT2D eigenvalue weighted by Crippen LogP contribution is -2.56. The average Bonchev–Trinajstić information content (AvgIpc) is 2.32. The van der Waals surface area contributed by atoms with Gasteiger partial charge in [-0.2, -0.15) is 0 Å². The highest BCUT2D eigenvalue weighted by molar-refractivity contribution is 4.96. The summed E-state index contributed by atoms with van der Waals surface area (Å²) < 4.78 is 11.5. The van der Waals surface area contributed by atoms with Crippen molar-refractivity contribution in [2.75, 3.05) is 26.9 Å². The summed E-state index contributed by atoms with van der Waals surface area (Å²) in [5.74, 6) is 0.841. The van der Waals surface area contributed by atoms with E-state index < -0.39 is 0 Å². The molecule has 0 saturated heterocycles. The molecule has 1 N–H and O–H groups in total. The predicted octanol–water partition coefficient (Wildman–Crippen LogP) is 2.60. The van der Waals surface area contributed by atoms with Crippen LogP contribution in [-0.2, 0) is 9.47 Å². The second-order valence-electron chi connectivity index (χ2n) is 5.25. The van der Waals surface area contributed by atoms with Gasteiger partial charge in [0.1, 0.15) is 0 Å². The molecule has 0 radical (unpaired) electrons. The van der Waals surface area contributed by atoms with E-state index in [9.17, 15) is 0 Å². The van der Waals surface area contributed by atoms with Crippen molar-refractivity contribution in [3.05, 3.63) is 0 Å². The number of hydrogen-bond donors (Lipinski definition) is 1. The molecule has 17 heavy (non-hydrogen) atoms. The quantitative estimate of drug-likeness (QED) is 0.745. The van der Waals surface area contributed by atoms with E-state index in [1.807, 2.05) is 0 Å². The molecular formula is C14H29NO2. The van der Waals surface area contributed by atoms with Crippen LogP contribution in [0.15, 0.2) is 0 Å². The summed E-state index contributed by atoms with van der Waals surface area (Å²) in [5.41, 5.74) is -0.00667. The lowest BCUT2D eigenvalue weighted by Gasteiger charge is -2.44. The number of nitrogens with one attached hydrogen (secondary N) is 1. The van der Waals surface area contributed by atoms with Crippen LogP contribution in [0.3, 0.4) is 0 Å². The molecule has 0 aliphatic heterocycles. The third-order valence-electron chi connectivity index (χ3n) is 3.97. The van der Waals surface area contributed by atoms with Crippen LogP contribution in [0.5, 0.6) is 0 Å². The average molecular weight is 243 g/mol. The molecule has 0 amide bonds. The van der Waals surface area contributed by atoms with Crippen molar-refractivity contribution in [3.63, 3.8) is 0 Å². The fourth-order valence-electron chi connectivity index (χ4n) is 2.94. The summed E-state index contributed by atoms with van der Waals surface area (Å²) in [6.07, 6.45) is 4.85. The van der Waals surface area contributed by atoms with E-state index in [4.69, 9.17) is 9.47 Å². The lowest BCUT2D eigenvalue weighted by atomic mass is 9.75. The highest BCUT2D eigenvalue weighted by Crippen LogP contribution is 2.37. The first-order valence-corrected chi connectivity index (χ1v) is 7.04. The molecule has 0 spiro atoms. The van der Waals surface area contributed by atoms with Gasteiger partial charge in [0.25, 0.3) is 0 Å². The van der Waals surface area contributed by atoms with Gasteiger partial charge in [-0.25, -0.2) is 0 Å². The molecule has 0 aromatic heterocycles. The Kier molecular flexibility index (Phi) is 6.45. The summed E-state index contributed by atoms with van der Waals surface area (Å²) in [4.78, 5) is 0. The number of methoxy groups -OCH3 is 1. The molecular weight excluding hydrogens is 214 g/mol. The molecule has 1 aliphatic carbocycles. The van der Waals surface area contributed by atoms with E-state index >= 15 is 0 Å². The third-order valence-corrected chi connectivity index (χ3v) is 3.97. The van der Waals surface area contributed by atoms with Crippen LogP contribution in [0, 0.1) is 5.92 Å². The van der Waals surface area contributed by atoms with E-state index in [1.165, 1.54) is 12.8 Å². The Labute approximate surface area is 106 Å². The topological polar surface area (TPSA) is 30.5 Å². The van der Waals surface area contributed by atoms with Gasteiger partial charge >= 0.3 is 0 Å². The molecule has 0 aromatic rings. The van der Waals surface area contributed by atoms with Crippen LogP contribution in [0.25, 0.3) is 0 Å². The van der Waals surface area contributed by atoms with E-state index in [-0.39, 0.29) is 5.60 Å². The Bertz CT molecular complexity index is 194. The van der Waals surface area contributed by atoms with Gasteiger partial charge in [0.15, 0.2) is 0 Å². The number of hydrogen-bond acceptors (Lipinski definition) is 3. The Hall–Kier alpha value is -0.120. The Morgan fingerprint density at radius 1 is 1.29 bits per heavy atom. The van der Waals surface area contributed by atoms with E-state index in [0.717, 1.165) is 38.5 Å². The number of likely N-dealkylation sites (N-methyl/N-ethyl adjacent to an activating group) is 1. The molecule has 3 nitrogen and oxygen atoms in total. The van der Waals surface area contributed by atoms with Crippen molar-refractivity contribution in [1.29, 1.82) is 0 Å². The van der Waals surface area contributed by atoms with Crippen molar-refractivity contribution in [2.24, 2.45) is 5.92 Å². The minimum atomic E-state index is -0.00667. The maximum Gasteiger partial charge on any atom is 0.0857 e. The van der Waals surface area contributed by atoms with Crippen molar-refractivity contribution in [3.8, 4) is 0 Å². The summed E-state index contributed by atoms with van der Waals surface area (Å²) in [6.45, 7) is 9.08. The van der Waals surface area contributed by atoms with Crippen molar-refractivity contribution in [2.45, 2.75) is 58.1 Å². The fraction of sp³-hybridized carbons (Fsp3) is 1.00. The van der Waals surface area contributed by atoms with Crippen molar-refractivity contribution in [1.82, 2.24) is 5.32 Å². The van der Waals surface area contributed by atoms with Crippen LogP contribution in [0.1, 0.15) is 46.5 Å². The monoisotopic (exact) mass is 243 g/mol. The molecule has 1 atom stereocenters. The van der Waals surface area contributed by atoms with Gasteiger partial charge < -0.3 is 14.8 Å². The molecule has 102 valence electrons. The zero-order chi connectivity index (χ0) is 12.7. The molecule has 3 heteroatoms. The van der Waals surface area contributed by atoms with Gasteiger partial charge in [0.05, 0.1) is 18.2 Å². The van der Waals surface area contributed by atoms with E-state index in [2.05, 4.69) is 26.1 Å². The second-order valence-corrected chi connectivity index (χ2v) is 5.25. The van der Waals surface area contributed by atoms with Gasteiger partial charge in [0, 0.05) is 13.7 Å². The molecule has 1 rings (SSSR count). The maximum absolute atomic E-state index is 6.14. The van der Waals surface area contributed by atoms with Gasteiger partial charge in [-0.15, -0.1) is 0 Å². The Morgan fingerprint density at radius 2 is 1.94 bits per heavy atom. The number of rotatable bonds is 7. The largest absolute Gasteiger partial charge is 0.383 e. The van der Waals surface area contributed by atoms with Crippen LogP contribution < -0.4 is 5.32 Å². The van der Waals surface area contributed by atoms with Crippen LogP contribution >= 0.6 is 0 Å². The summed E-state index contributed by atoms with van der Waals surface area (Å²) >= 11 is 0. The van der Waals surface area contributed by atoms with E-state index in [0.29, 0.717) is 6.04 Å². The normalized spacial score (nSPS) is 31.4. The van der Waals surface area contributed by atoms with E-state index in [1.54, 1.807) is 7.11 Å². The van der Waals surface area contributed by atoms with Gasteiger partial charge in [-0.3, -0.25) is 0 Å². The maximum atomic E-state index is 6.14. The minimum Gasteiger partial charge on any atom is -0.383 e. The Balaban J connectivity index is 2.72. The molecule has 1 fully saturated rings. The minimum absolute atomic E-state index is 0.00667. The fourth-order valence-corrected chi connectivity index (χ4v) is 2.94. The zero-order valence-corrected chi connectivity index (χ0v) is 11.9. The standard InChI is InChI=1S/C14H29NO2/c1-5-15-13(11-16-4)14(17-6-2)9-7-12(3)8-10-14/h12-13,15H,5-11H2,1-4H3.